The Balaban J connectivity index is 1.45. The van der Waals surface area contributed by atoms with Crippen molar-refractivity contribution in [1.82, 2.24) is 9.97 Å². The molecule has 2 aliphatic heterocycles. The maximum absolute atomic E-state index is 13.6. The average molecular weight is 482 g/mol. The zero-order valence-electron chi connectivity index (χ0n) is 19.1. The van der Waals surface area contributed by atoms with Gasteiger partial charge in [0, 0.05) is 39.2 Å². The molecule has 0 bridgehead atoms. The van der Waals surface area contributed by atoms with Crippen molar-refractivity contribution in [3.63, 3.8) is 0 Å². The molecule has 2 aromatic carbocycles. The standard InChI is InChI=1S/C24H24ClN5O4/c1-28-8-9-29(23-22(28)26-16-6-4-5-7-17(16)27-23)24(32)14-10-21(31)30(13-14)18-11-15(25)19(33-2)12-20(18)34-3/h4-7,11-12,14H,8-10,13H2,1-3H3. The van der Waals surface area contributed by atoms with Gasteiger partial charge in [-0.2, -0.15) is 0 Å². The van der Waals surface area contributed by atoms with Crippen molar-refractivity contribution in [2.45, 2.75) is 6.42 Å². The lowest BCUT2D eigenvalue weighted by Gasteiger charge is -2.34. The first-order chi connectivity index (χ1) is 16.4. The molecule has 0 saturated carbocycles. The maximum Gasteiger partial charge on any atom is 0.233 e. The predicted molar refractivity (Wildman–Crippen MR) is 130 cm³/mol. The Morgan fingerprint density at radius 2 is 1.71 bits per heavy atom. The van der Waals surface area contributed by atoms with E-state index in [4.69, 9.17) is 31.0 Å². The van der Waals surface area contributed by atoms with E-state index in [1.807, 2.05) is 36.2 Å². The molecule has 5 rings (SSSR count). The third-order valence-corrected chi connectivity index (χ3v) is 6.59. The number of carbonyl (C=O) groups excluding carboxylic acids is 2. The fourth-order valence-electron chi connectivity index (χ4n) is 4.48. The van der Waals surface area contributed by atoms with Gasteiger partial charge in [-0.25, -0.2) is 9.97 Å². The van der Waals surface area contributed by atoms with Crippen molar-refractivity contribution in [2.24, 2.45) is 5.92 Å². The van der Waals surface area contributed by atoms with Crippen LogP contribution in [-0.4, -0.2) is 62.7 Å². The van der Waals surface area contributed by atoms with E-state index in [9.17, 15) is 9.59 Å². The van der Waals surface area contributed by atoms with Crippen molar-refractivity contribution >= 4 is 51.8 Å². The molecule has 10 heteroatoms. The van der Waals surface area contributed by atoms with Gasteiger partial charge in [0.1, 0.15) is 11.5 Å². The number of likely N-dealkylation sites (N-methyl/N-ethyl adjacent to an activating group) is 1. The highest BCUT2D eigenvalue weighted by Crippen LogP contribution is 2.41. The first-order valence-electron chi connectivity index (χ1n) is 10.9. The summed E-state index contributed by atoms with van der Waals surface area (Å²) in [4.78, 5) is 41.3. The fraction of sp³-hybridized carbons (Fsp3) is 0.333. The number of nitrogens with zero attached hydrogens (tertiary/aromatic N) is 5. The van der Waals surface area contributed by atoms with Crippen LogP contribution in [0.2, 0.25) is 5.02 Å². The van der Waals surface area contributed by atoms with Crippen LogP contribution in [0.3, 0.4) is 0 Å². The van der Waals surface area contributed by atoms with Gasteiger partial charge in [0.15, 0.2) is 11.6 Å². The number of halogens is 1. The van der Waals surface area contributed by atoms with Crippen LogP contribution in [0, 0.1) is 5.92 Å². The van der Waals surface area contributed by atoms with Gasteiger partial charge in [0.05, 0.1) is 41.9 Å². The van der Waals surface area contributed by atoms with Gasteiger partial charge >= 0.3 is 0 Å². The van der Waals surface area contributed by atoms with Crippen LogP contribution in [0.4, 0.5) is 17.3 Å². The Labute approximate surface area is 201 Å². The van der Waals surface area contributed by atoms with Crippen LogP contribution in [-0.2, 0) is 9.59 Å². The largest absolute Gasteiger partial charge is 0.495 e. The Hall–Kier alpha value is -3.59. The number of carbonyl (C=O) groups is 2. The lowest BCUT2D eigenvalue weighted by Crippen LogP contribution is -2.46. The zero-order valence-corrected chi connectivity index (χ0v) is 19.9. The molecule has 1 aromatic heterocycles. The number of ether oxygens (including phenoxy) is 2. The third-order valence-electron chi connectivity index (χ3n) is 6.30. The van der Waals surface area contributed by atoms with E-state index in [0.717, 1.165) is 11.0 Å². The molecule has 0 spiro atoms. The Bertz CT molecular complexity index is 1300. The number of methoxy groups -OCH3 is 2. The van der Waals surface area contributed by atoms with Gasteiger partial charge in [-0.3, -0.25) is 14.5 Å². The van der Waals surface area contributed by atoms with Crippen molar-refractivity contribution in [3.8, 4) is 11.5 Å². The van der Waals surface area contributed by atoms with Gasteiger partial charge in [-0.05, 0) is 18.2 Å². The summed E-state index contributed by atoms with van der Waals surface area (Å²) in [6, 6.07) is 10.8. The van der Waals surface area contributed by atoms with Gasteiger partial charge in [0.25, 0.3) is 0 Å². The quantitative estimate of drug-likeness (QED) is 0.565. The molecule has 34 heavy (non-hydrogen) atoms. The van der Waals surface area contributed by atoms with Crippen LogP contribution in [0.5, 0.6) is 11.5 Å². The summed E-state index contributed by atoms with van der Waals surface area (Å²) in [6.07, 6.45) is 0.0916. The summed E-state index contributed by atoms with van der Waals surface area (Å²) in [5.41, 5.74) is 2.00. The SMILES string of the molecule is COc1cc(OC)c(N2CC(C(=O)N3CCN(C)c4nc5ccccc5nc43)CC2=O)cc1Cl. The molecule has 0 radical (unpaired) electrons. The average Bonchev–Trinajstić information content (AvgIpc) is 3.24. The van der Waals surface area contributed by atoms with Crippen molar-refractivity contribution < 1.29 is 19.1 Å². The van der Waals surface area contributed by atoms with Crippen molar-refractivity contribution in [2.75, 3.05) is 55.6 Å². The second-order valence-electron chi connectivity index (χ2n) is 8.33. The summed E-state index contributed by atoms with van der Waals surface area (Å²) >= 11 is 6.31. The molecule has 3 aromatic rings. The normalized spacial score (nSPS) is 17.8. The van der Waals surface area contributed by atoms with Gasteiger partial charge < -0.3 is 19.3 Å². The predicted octanol–water partition coefficient (Wildman–Crippen LogP) is 3.14. The van der Waals surface area contributed by atoms with Crippen molar-refractivity contribution in [1.29, 1.82) is 0 Å². The second-order valence-corrected chi connectivity index (χ2v) is 8.74. The van der Waals surface area contributed by atoms with E-state index in [2.05, 4.69) is 0 Å². The molecule has 176 valence electrons. The number of hydrogen-bond donors (Lipinski definition) is 0. The van der Waals surface area contributed by atoms with Crippen LogP contribution < -0.4 is 24.2 Å². The molecule has 2 amide bonds. The summed E-state index contributed by atoms with van der Waals surface area (Å²) in [5, 5.41) is 0.357. The lowest BCUT2D eigenvalue weighted by atomic mass is 10.1. The fourth-order valence-corrected chi connectivity index (χ4v) is 4.71. The number of benzene rings is 2. The minimum absolute atomic E-state index is 0.0916. The molecule has 9 nitrogen and oxygen atoms in total. The number of anilines is 3. The van der Waals surface area contributed by atoms with Gasteiger partial charge in [-0.15, -0.1) is 0 Å². The molecule has 0 aliphatic carbocycles. The Morgan fingerprint density at radius 1 is 1.03 bits per heavy atom. The van der Waals surface area contributed by atoms with Crippen LogP contribution >= 0.6 is 11.6 Å². The van der Waals surface area contributed by atoms with E-state index in [-0.39, 0.29) is 24.8 Å². The smallest absolute Gasteiger partial charge is 0.233 e. The minimum atomic E-state index is -0.525. The summed E-state index contributed by atoms with van der Waals surface area (Å²) in [7, 11) is 4.96. The van der Waals surface area contributed by atoms with Crippen molar-refractivity contribution in [3.05, 3.63) is 41.4 Å². The molecule has 1 fully saturated rings. The Morgan fingerprint density at radius 3 is 2.38 bits per heavy atom. The zero-order chi connectivity index (χ0) is 24.0. The number of para-hydroxylation sites is 2. The number of fused-ring (bicyclic) bond motifs is 2. The number of hydrogen-bond acceptors (Lipinski definition) is 7. The van der Waals surface area contributed by atoms with Crippen LogP contribution in [0.1, 0.15) is 6.42 Å². The Kier molecular flexibility index (Phi) is 5.65. The van der Waals surface area contributed by atoms with E-state index in [1.165, 1.54) is 14.2 Å². The number of rotatable bonds is 4. The molecule has 1 unspecified atom stereocenters. The molecular formula is C24H24ClN5O4. The monoisotopic (exact) mass is 481 g/mol. The molecule has 0 N–H and O–H groups in total. The highest BCUT2D eigenvalue weighted by Gasteiger charge is 2.41. The summed E-state index contributed by atoms with van der Waals surface area (Å²) in [6.45, 7) is 1.31. The topological polar surface area (TPSA) is 88.1 Å². The second kappa shape index (κ2) is 8.64. The van der Waals surface area contributed by atoms with E-state index >= 15 is 0 Å². The minimum Gasteiger partial charge on any atom is -0.495 e. The van der Waals surface area contributed by atoms with Gasteiger partial charge in [0.2, 0.25) is 11.8 Å². The molecule has 3 heterocycles. The van der Waals surface area contributed by atoms with Crippen LogP contribution in [0.25, 0.3) is 11.0 Å². The maximum atomic E-state index is 13.6. The highest BCUT2D eigenvalue weighted by molar-refractivity contribution is 6.32. The first kappa shape index (κ1) is 22.2. The van der Waals surface area contributed by atoms with Crippen LogP contribution in [0.15, 0.2) is 36.4 Å². The van der Waals surface area contributed by atoms with E-state index in [1.54, 1.807) is 21.9 Å². The molecule has 1 saturated heterocycles. The third kappa shape index (κ3) is 3.66. The lowest BCUT2D eigenvalue weighted by molar-refractivity contribution is -0.124. The number of amides is 2. The van der Waals surface area contributed by atoms with Gasteiger partial charge in [-0.1, -0.05) is 23.7 Å². The molecule has 1 atom stereocenters. The highest BCUT2D eigenvalue weighted by atomic mass is 35.5. The summed E-state index contributed by atoms with van der Waals surface area (Å²) in [5.74, 6) is 1.23. The first-order valence-corrected chi connectivity index (χ1v) is 11.3. The summed E-state index contributed by atoms with van der Waals surface area (Å²) < 4.78 is 10.7. The van der Waals surface area contributed by atoms with E-state index in [0.29, 0.717) is 46.9 Å². The number of aromatic nitrogens is 2. The molecule has 2 aliphatic rings. The molecular weight excluding hydrogens is 458 g/mol. The van der Waals surface area contributed by atoms with E-state index < -0.39 is 5.92 Å².